The highest BCUT2D eigenvalue weighted by molar-refractivity contribution is 5.75. The van der Waals surface area contributed by atoms with Gasteiger partial charge in [0, 0.05) is 0 Å². The molecule has 0 amide bonds. The van der Waals surface area contributed by atoms with E-state index < -0.39 is 122 Å². The van der Waals surface area contributed by atoms with E-state index in [4.69, 9.17) is 23.7 Å². The highest BCUT2D eigenvalue weighted by Gasteiger charge is 2.51. The average molecular weight is 731 g/mol. The molecule has 3 aromatic carbocycles. The first-order chi connectivity index (χ1) is 24.8. The first-order valence-corrected chi connectivity index (χ1v) is 15.7. The molecule has 0 bridgehead atoms. The summed E-state index contributed by atoms with van der Waals surface area (Å²) in [5.74, 6) is -5.66. The summed E-state index contributed by atoms with van der Waals surface area (Å²) < 4.78 is 28.1. The van der Waals surface area contributed by atoms with E-state index in [1.807, 2.05) is 0 Å². The van der Waals surface area contributed by atoms with Crippen LogP contribution in [0.4, 0.5) is 0 Å². The first-order valence-electron chi connectivity index (χ1n) is 15.7. The first kappa shape index (κ1) is 39.2. The maximum absolute atomic E-state index is 13.2. The standard InChI is InChI=1S/C35H38O17/c36-8-7-21(15-37)16-49-35-32(47)34(52-31(46)14-20-3-6-24(40)27(43)11-20)33(51-30(45)13-19-2-5-23(39)26(42)10-19)28(50-35)17-48-29(44)12-18-1-4-22(38)25(41)9-18/h1-7,9-11,28,32-43,47H,8,12-17H2/t28-,32-,33-,34+,35-/m1/s1. The number of benzene rings is 3. The van der Waals surface area contributed by atoms with Crippen molar-refractivity contribution in [1.82, 2.24) is 0 Å². The number of carbonyl (C=O) groups excluding carboxylic acids is 3. The van der Waals surface area contributed by atoms with Crippen molar-refractivity contribution in [2.45, 2.75) is 50.0 Å². The quantitative estimate of drug-likeness (QED) is 0.0441. The second-order valence-corrected chi connectivity index (χ2v) is 11.6. The minimum absolute atomic E-state index is 0.185. The lowest BCUT2D eigenvalue weighted by atomic mass is 9.98. The molecule has 1 saturated heterocycles. The topological polar surface area (TPSA) is 279 Å². The van der Waals surface area contributed by atoms with Crippen molar-refractivity contribution >= 4 is 17.9 Å². The zero-order valence-corrected chi connectivity index (χ0v) is 27.4. The Kier molecular flexibility index (Phi) is 13.6. The molecule has 1 fully saturated rings. The number of aliphatic hydroxyl groups excluding tert-OH is 3. The molecule has 0 spiro atoms. The fourth-order valence-electron chi connectivity index (χ4n) is 5.08. The Labute approximate surface area is 295 Å². The van der Waals surface area contributed by atoms with E-state index in [0.717, 1.165) is 30.3 Å². The molecule has 1 aliphatic heterocycles. The fraction of sp³-hybridized carbons (Fsp3) is 0.343. The largest absolute Gasteiger partial charge is 0.504 e. The number of hydrogen-bond acceptors (Lipinski definition) is 17. The van der Waals surface area contributed by atoms with Gasteiger partial charge in [0.05, 0.1) is 39.1 Å². The van der Waals surface area contributed by atoms with Gasteiger partial charge in [-0.25, -0.2) is 0 Å². The summed E-state index contributed by atoms with van der Waals surface area (Å²) in [5, 5.41) is 88.6. The number of phenols is 6. The lowest BCUT2D eigenvalue weighted by molar-refractivity contribution is -0.304. The van der Waals surface area contributed by atoms with Crippen molar-refractivity contribution < 1.29 is 84.0 Å². The Morgan fingerprint density at radius 3 is 1.56 bits per heavy atom. The summed E-state index contributed by atoms with van der Waals surface area (Å²) >= 11 is 0. The van der Waals surface area contributed by atoms with E-state index in [-0.39, 0.29) is 28.7 Å². The number of aliphatic hydroxyl groups is 3. The Bertz CT molecular complexity index is 1760. The molecule has 5 atom stereocenters. The monoisotopic (exact) mass is 730 g/mol. The number of phenolic OH excluding ortho intramolecular Hbond substituents is 6. The molecule has 17 nitrogen and oxygen atoms in total. The number of esters is 3. The van der Waals surface area contributed by atoms with Gasteiger partial charge in [-0.15, -0.1) is 0 Å². The predicted octanol–water partition coefficient (Wildman–Crippen LogP) is 0.328. The molecule has 0 unspecified atom stereocenters. The number of carbonyl (C=O) groups is 3. The number of rotatable bonds is 15. The van der Waals surface area contributed by atoms with Gasteiger partial charge in [0.1, 0.15) is 18.8 Å². The molecular weight excluding hydrogens is 692 g/mol. The summed E-state index contributed by atoms with van der Waals surface area (Å²) in [6, 6.07) is 10.8. The highest BCUT2D eigenvalue weighted by atomic mass is 16.7. The van der Waals surface area contributed by atoms with Gasteiger partial charge in [-0.2, -0.15) is 0 Å². The van der Waals surface area contributed by atoms with Crippen molar-refractivity contribution in [3.8, 4) is 34.5 Å². The molecule has 52 heavy (non-hydrogen) atoms. The lowest BCUT2D eigenvalue weighted by Crippen LogP contribution is -2.62. The van der Waals surface area contributed by atoms with Gasteiger partial charge in [-0.3, -0.25) is 14.4 Å². The van der Waals surface area contributed by atoms with Crippen molar-refractivity contribution in [3.63, 3.8) is 0 Å². The van der Waals surface area contributed by atoms with Crippen LogP contribution in [-0.4, -0.2) is 121 Å². The maximum atomic E-state index is 13.2. The minimum atomic E-state index is -1.88. The molecule has 280 valence electrons. The van der Waals surface area contributed by atoms with Gasteiger partial charge >= 0.3 is 17.9 Å². The Morgan fingerprint density at radius 2 is 1.12 bits per heavy atom. The van der Waals surface area contributed by atoms with Gasteiger partial charge in [0.25, 0.3) is 0 Å². The minimum Gasteiger partial charge on any atom is -0.504 e. The second kappa shape index (κ2) is 18.1. The molecule has 17 heteroatoms. The molecular formula is C35H38O17. The van der Waals surface area contributed by atoms with E-state index in [1.165, 1.54) is 30.3 Å². The summed E-state index contributed by atoms with van der Waals surface area (Å²) in [7, 11) is 0. The molecule has 0 aromatic heterocycles. The summed E-state index contributed by atoms with van der Waals surface area (Å²) in [4.78, 5) is 39.3. The number of hydrogen-bond donors (Lipinski definition) is 9. The predicted molar refractivity (Wildman–Crippen MR) is 174 cm³/mol. The van der Waals surface area contributed by atoms with Gasteiger partial charge < -0.3 is 69.6 Å². The fourth-order valence-corrected chi connectivity index (χ4v) is 5.08. The van der Waals surface area contributed by atoms with E-state index >= 15 is 0 Å². The zero-order chi connectivity index (χ0) is 37.9. The van der Waals surface area contributed by atoms with Crippen molar-refractivity contribution in [1.29, 1.82) is 0 Å². The molecule has 1 aliphatic rings. The van der Waals surface area contributed by atoms with E-state index in [0.29, 0.717) is 0 Å². The van der Waals surface area contributed by atoms with Gasteiger partial charge in [-0.05, 0) is 58.7 Å². The average Bonchev–Trinajstić information content (AvgIpc) is 3.09. The molecule has 3 aromatic rings. The van der Waals surface area contributed by atoms with Crippen LogP contribution < -0.4 is 0 Å². The summed E-state index contributed by atoms with van der Waals surface area (Å²) in [6.07, 6.45) is -8.60. The van der Waals surface area contributed by atoms with Gasteiger partial charge in [0.15, 0.2) is 53.0 Å². The van der Waals surface area contributed by atoms with Crippen LogP contribution in [0.1, 0.15) is 16.7 Å². The van der Waals surface area contributed by atoms with Crippen LogP contribution in [0.3, 0.4) is 0 Å². The normalized spacial score (nSPS) is 20.2. The smallest absolute Gasteiger partial charge is 0.310 e. The highest BCUT2D eigenvalue weighted by Crippen LogP contribution is 2.31. The van der Waals surface area contributed by atoms with Crippen molar-refractivity contribution in [3.05, 3.63) is 82.9 Å². The Balaban J connectivity index is 1.62. The molecule has 0 saturated carbocycles. The van der Waals surface area contributed by atoms with Gasteiger partial charge in [0.2, 0.25) is 0 Å². The van der Waals surface area contributed by atoms with Crippen LogP contribution in [0.25, 0.3) is 0 Å². The molecule has 0 aliphatic carbocycles. The molecule has 0 radical (unpaired) electrons. The van der Waals surface area contributed by atoms with Crippen molar-refractivity contribution in [2.24, 2.45) is 0 Å². The summed E-state index contributed by atoms with van der Waals surface area (Å²) in [5.41, 5.74) is 0.848. The van der Waals surface area contributed by atoms with E-state index in [2.05, 4.69) is 0 Å². The second-order valence-electron chi connectivity index (χ2n) is 11.6. The van der Waals surface area contributed by atoms with Crippen LogP contribution in [0, 0.1) is 0 Å². The molecule has 9 N–H and O–H groups in total. The van der Waals surface area contributed by atoms with E-state index in [9.17, 15) is 60.3 Å². The van der Waals surface area contributed by atoms with Crippen LogP contribution in [0.2, 0.25) is 0 Å². The zero-order valence-electron chi connectivity index (χ0n) is 27.4. The Morgan fingerprint density at radius 1 is 0.654 bits per heavy atom. The van der Waals surface area contributed by atoms with Crippen molar-refractivity contribution in [2.75, 3.05) is 26.4 Å². The van der Waals surface area contributed by atoms with Crippen LogP contribution in [0.15, 0.2) is 66.2 Å². The van der Waals surface area contributed by atoms with Gasteiger partial charge in [-0.1, -0.05) is 24.3 Å². The number of ether oxygens (including phenoxy) is 5. The maximum Gasteiger partial charge on any atom is 0.310 e. The third-order valence-corrected chi connectivity index (χ3v) is 7.74. The van der Waals surface area contributed by atoms with E-state index in [1.54, 1.807) is 0 Å². The molecule has 1 heterocycles. The van der Waals surface area contributed by atoms with Crippen LogP contribution in [0.5, 0.6) is 34.5 Å². The van der Waals surface area contributed by atoms with Crippen LogP contribution in [-0.2, 0) is 57.3 Å². The third kappa shape index (κ3) is 10.7. The van der Waals surface area contributed by atoms with Crippen LogP contribution >= 0.6 is 0 Å². The summed E-state index contributed by atoms with van der Waals surface area (Å²) in [6.45, 7) is -2.05. The SMILES string of the molecule is O=C(Cc1ccc(O)c(O)c1)OC[C@H]1O[C@@H](OCC(=CCO)CO)[C@H](O)[C@H](OC(=O)Cc2ccc(O)c(O)c2)[C@@H]1OC(=O)Cc1ccc(O)c(O)c1. The molecule has 4 rings (SSSR count). The third-order valence-electron chi connectivity index (χ3n) is 7.74. The number of aromatic hydroxyl groups is 6. The Hall–Kier alpha value is -5.59. The lowest BCUT2D eigenvalue weighted by Gasteiger charge is -2.43.